The monoisotopic (exact) mass is 320 g/mol. The van der Waals surface area contributed by atoms with E-state index >= 15 is 0 Å². The van der Waals surface area contributed by atoms with E-state index in [4.69, 9.17) is 11.6 Å². The number of halogens is 7. The van der Waals surface area contributed by atoms with Crippen molar-refractivity contribution in [2.45, 2.75) is 19.3 Å². The van der Waals surface area contributed by atoms with Gasteiger partial charge in [0.25, 0.3) is 0 Å². The van der Waals surface area contributed by atoms with Crippen LogP contribution in [-0.4, -0.2) is 12.6 Å². The lowest BCUT2D eigenvalue weighted by Crippen LogP contribution is -2.19. The number of hydrogen-bond acceptors (Lipinski definition) is 2. The molecule has 2 nitrogen and oxygen atoms in total. The minimum Gasteiger partial charge on any atom is -0.462 e. The zero-order valence-electron chi connectivity index (χ0n) is 9.82. The van der Waals surface area contributed by atoms with Gasteiger partial charge in [0.1, 0.15) is 0 Å². The highest BCUT2D eigenvalue weighted by Crippen LogP contribution is 2.44. The van der Waals surface area contributed by atoms with Crippen molar-refractivity contribution in [1.29, 1.82) is 0 Å². The number of benzene rings is 1. The number of carbonyl (C=O) groups is 1. The topological polar surface area (TPSA) is 26.3 Å². The number of rotatable bonds is 2. The van der Waals surface area contributed by atoms with Crippen LogP contribution in [0.5, 0.6) is 0 Å². The molecule has 112 valence electrons. The zero-order chi connectivity index (χ0) is 15.7. The second-order valence-electron chi connectivity index (χ2n) is 3.60. The number of carbonyl (C=O) groups excluding carboxylic acids is 1. The summed E-state index contributed by atoms with van der Waals surface area (Å²) in [6.07, 6.45) is -10.6. The molecule has 0 aliphatic rings. The van der Waals surface area contributed by atoms with Gasteiger partial charge in [0.05, 0.1) is 28.3 Å². The lowest BCUT2D eigenvalue weighted by molar-refractivity contribution is -0.162. The molecule has 0 aliphatic carbocycles. The van der Waals surface area contributed by atoms with Gasteiger partial charge in [0.2, 0.25) is 0 Å². The molecular formula is C11H7ClF6O2. The van der Waals surface area contributed by atoms with E-state index in [1.807, 2.05) is 0 Å². The molecule has 20 heavy (non-hydrogen) atoms. The van der Waals surface area contributed by atoms with Gasteiger partial charge in [-0.1, -0.05) is 11.6 Å². The quantitative estimate of drug-likeness (QED) is 0.590. The van der Waals surface area contributed by atoms with Crippen LogP contribution in [0.1, 0.15) is 28.4 Å². The van der Waals surface area contributed by atoms with Gasteiger partial charge in [0.15, 0.2) is 0 Å². The van der Waals surface area contributed by atoms with Crippen molar-refractivity contribution >= 4 is 17.6 Å². The van der Waals surface area contributed by atoms with E-state index < -0.39 is 40.0 Å². The normalized spacial score (nSPS) is 12.4. The van der Waals surface area contributed by atoms with Crippen molar-refractivity contribution in [3.05, 3.63) is 33.8 Å². The van der Waals surface area contributed by atoms with Crippen molar-refractivity contribution in [2.24, 2.45) is 0 Å². The molecule has 0 atom stereocenters. The van der Waals surface area contributed by atoms with E-state index in [0.717, 1.165) is 0 Å². The molecule has 1 rings (SSSR count). The van der Waals surface area contributed by atoms with Gasteiger partial charge in [0, 0.05) is 0 Å². The van der Waals surface area contributed by atoms with Gasteiger partial charge in [-0.15, -0.1) is 0 Å². The molecule has 0 amide bonds. The molecule has 0 radical (unpaired) electrons. The Morgan fingerprint density at radius 1 is 1.15 bits per heavy atom. The Morgan fingerprint density at radius 2 is 1.70 bits per heavy atom. The number of hydrogen-bond donors (Lipinski definition) is 0. The molecule has 0 unspecified atom stereocenters. The first-order valence-electron chi connectivity index (χ1n) is 5.13. The Balaban J connectivity index is 3.54. The van der Waals surface area contributed by atoms with Crippen LogP contribution >= 0.6 is 11.6 Å². The van der Waals surface area contributed by atoms with Crippen molar-refractivity contribution < 1.29 is 35.9 Å². The molecule has 0 bridgehead atoms. The fourth-order valence-corrected chi connectivity index (χ4v) is 1.78. The Labute approximate surface area is 114 Å². The summed E-state index contributed by atoms with van der Waals surface area (Å²) in [4.78, 5) is 11.3. The second-order valence-corrected chi connectivity index (χ2v) is 4.00. The average molecular weight is 321 g/mol. The maximum Gasteiger partial charge on any atom is 0.418 e. The predicted molar refractivity (Wildman–Crippen MR) is 57.4 cm³/mol. The highest BCUT2D eigenvalue weighted by molar-refractivity contribution is 6.32. The van der Waals surface area contributed by atoms with Crippen molar-refractivity contribution in [3.8, 4) is 0 Å². The molecule has 0 saturated heterocycles. The van der Waals surface area contributed by atoms with Crippen LogP contribution < -0.4 is 0 Å². The number of alkyl halides is 6. The lowest BCUT2D eigenvalue weighted by atomic mass is 10.0. The summed E-state index contributed by atoms with van der Waals surface area (Å²) in [5.41, 5.74) is -4.75. The first-order valence-corrected chi connectivity index (χ1v) is 5.51. The summed E-state index contributed by atoms with van der Waals surface area (Å²) in [6.45, 7) is 1.26. The van der Waals surface area contributed by atoms with Crippen LogP contribution in [0, 0.1) is 0 Å². The van der Waals surface area contributed by atoms with Crippen LogP contribution in [-0.2, 0) is 17.1 Å². The highest BCUT2D eigenvalue weighted by atomic mass is 35.5. The molecule has 0 heterocycles. The van der Waals surface area contributed by atoms with Crippen LogP contribution in [0.4, 0.5) is 26.3 Å². The van der Waals surface area contributed by atoms with E-state index in [9.17, 15) is 31.1 Å². The Kier molecular flexibility index (Phi) is 4.58. The molecule has 0 fully saturated rings. The molecular weight excluding hydrogens is 314 g/mol. The van der Waals surface area contributed by atoms with E-state index in [1.165, 1.54) is 6.92 Å². The smallest absolute Gasteiger partial charge is 0.418 e. The van der Waals surface area contributed by atoms with Gasteiger partial charge in [-0.05, 0) is 19.1 Å². The Morgan fingerprint density at radius 3 is 2.10 bits per heavy atom. The summed E-state index contributed by atoms with van der Waals surface area (Å²) >= 11 is 5.24. The minimum atomic E-state index is -5.31. The lowest BCUT2D eigenvalue weighted by Gasteiger charge is -2.17. The molecule has 0 saturated carbocycles. The number of ether oxygens (including phenoxy) is 1. The average Bonchev–Trinajstić information content (AvgIpc) is 2.25. The van der Waals surface area contributed by atoms with Gasteiger partial charge in [-0.2, -0.15) is 26.3 Å². The molecule has 0 aliphatic heterocycles. The summed E-state index contributed by atoms with van der Waals surface area (Å²) < 4.78 is 80.3. The number of esters is 1. The molecule has 0 spiro atoms. The van der Waals surface area contributed by atoms with Crippen molar-refractivity contribution in [3.63, 3.8) is 0 Å². The van der Waals surface area contributed by atoms with Gasteiger partial charge in [-0.25, -0.2) is 4.79 Å². The maximum absolute atomic E-state index is 12.7. The van der Waals surface area contributed by atoms with E-state index in [2.05, 4.69) is 4.74 Å². The van der Waals surface area contributed by atoms with Crippen LogP contribution in [0.25, 0.3) is 0 Å². The summed E-state index contributed by atoms with van der Waals surface area (Å²) in [6, 6.07) is 0.574. The fraction of sp³-hybridized carbons (Fsp3) is 0.364. The molecule has 1 aromatic rings. The molecule has 9 heteroatoms. The van der Waals surface area contributed by atoms with Gasteiger partial charge >= 0.3 is 18.3 Å². The molecule has 0 aromatic heterocycles. The first-order chi connectivity index (χ1) is 8.98. The zero-order valence-corrected chi connectivity index (χ0v) is 10.6. The van der Waals surface area contributed by atoms with Gasteiger partial charge in [-0.3, -0.25) is 0 Å². The van der Waals surface area contributed by atoms with E-state index in [-0.39, 0.29) is 12.7 Å². The first kappa shape index (κ1) is 16.6. The SMILES string of the molecule is CCOC(=O)c1cc(Cl)c(C(F)(F)F)c(C(F)(F)F)c1. The third-order valence-electron chi connectivity index (χ3n) is 2.19. The Hall–Kier alpha value is -1.44. The third-order valence-corrected chi connectivity index (χ3v) is 2.49. The summed E-state index contributed by atoms with van der Waals surface area (Å²) in [5.74, 6) is -1.19. The third kappa shape index (κ3) is 3.56. The van der Waals surface area contributed by atoms with Crippen LogP contribution in [0.15, 0.2) is 12.1 Å². The fourth-order valence-electron chi connectivity index (χ4n) is 1.45. The maximum atomic E-state index is 12.7. The van der Waals surface area contributed by atoms with Crippen LogP contribution in [0.2, 0.25) is 5.02 Å². The Bertz CT molecular complexity index is 521. The summed E-state index contributed by atoms with van der Waals surface area (Å²) in [7, 11) is 0. The predicted octanol–water partition coefficient (Wildman–Crippen LogP) is 4.55. The minimum absolute atomic E-state index is 0.0761. The van der Waals surface area contributed by atoms with Crippen molar-refractivity contribution in [1.82, 2.24) is 0 Å². The van der Waals surface area contributed by atoms with Crippen molar-refractivity contribution in [2.75, 3.05) is 6.61 Å². The summed E-state index contributed by atoms with van der Waals surface area (Å²) in [5, 5.41) is -1.21. The van der Waals surface area contributed by atoms with E-state index in [1.54, 1.807) is 0 Å². The second kappa shape index (κ2) is 5.51. The van der Waals surface area contributed by atoms with Crippen LogP contribution in [0.3, 0.4) is 0 Å². The largest absolute Gasteiger partial charge is 0.462 e. The van der Waals surface area contributed by atoms with Gasteiger partial charge < -0.3 is 4.74 Å². The molecule has 1 aromatic carbocycles. The standard InChI is InChI=1S/C11H7ClF6O2/c1-2-20-9(19)5-3-6(10(13,14)15)8(7(12)4-5)11(16,17)18/h3-4H,2H2,1H3. The van der Waals surface area contributed by atoms with E-state index in [0.29, 0.717) is 6.07 Å². The molecule has 0 N–H and O–H groups in total. The highest BCUT2D eigenvalue weighted by Gasteiger charge is 2.45.